The number of aliphatic hydroxyl groups excluding tert-OH is 2. The highest BCUT2D eigenvalue weighted by Gasteiger charge is 2.76. The van der Waals surface area contributed by atoms with E-state index in [2.05, 4.69) is 10.2 Å². The van der Waals surface area contributed by atoms with Crippen molar-refractivity contribution in [1.29, 1.82) is 0 Å². The molecule has 7 rings (SSSR count). The largest absolute Gasteiger partial charge is 0.455 e. The van der Waals surface area contributed by atoms with Gasteiger partial charge in [0.25, 0.3) is 0 Å². The Labute approximate surface area is 385 Å². The zero-order valence-electron chi connectivity index (χ0n) is 39.0. The van der Waals surface area contributed by atoms with Crippen molar-refractivity contribution in [3.8, 4) is 0 Å². The van der Waals surface area contributed by atoms with Crippen molar-refractivity contribution >= 4 is 29.8 Å². The fourth-order valence-corrected chi connectivity index (χ4v) is 11.1. The van der Waals surface area contributed by atoms with E-state index in [-0.39, 0.29) is 36.2 Å². The minimum absolute atomic E-state index is 0.0524. The zero-order chi connectivity index (χ0) is 48.0. The first-order valence-corrected chi connectivity index (χ1v) is 23.1. The Balaban J connectivity index is 1.30. The van der Waals surface area contributed by atoms with Crippen LogP contribution in [-0.4, -0.2) is 135 Å². The van der Waals surface area contributed by atoms with Crippen molar-refractivity contribution in [2.24, 2.45) is 16.7 Å². The number of piperidine rings is 1. The average Bonchev–Trinajstić information content (AvgIpc) is 3.26. The standard InChI is InChI=1S/C50H66N2O14/c1-29-32(63-44(58)39(64-35(54)22-17-25-52-23-15-10-16-24-52)37(30-18-11-8-12-19-30)51-45(59)66-46(2,3)4)27-50(61)42(65-43(57)31-20-13-9-14-21-31)40-48(7,33(53)26-34-49(40,60)28-62-34)41(56)38(55)36(29)47(50,5)6/h8-9,11-14,18-21,32-34,37-40,42,53,55,60-61H,10,15-17,22-28H2,1-7H3,(H,51,59)/t32-,33-,34+,37-,38+,39+,40?,42-,48+,49-,50+/m0/s1. The van der Waals surface area contributed by atoms with E-state index in [1.165, 1.54) is 26.0 Å². The molecular weight excluding hydrogens is 853 g/mol. The van der Waals surface area contributed by atoms with Gasteiger partial charge in [0, 0.05) is 30.6 Å². The van der Waals surface area contributed by atoms with Gasteiger partial charge < -0.3 is 54.3 Å². The molecule has 2 heterocycles. The van der Waals surface area contributed by atoms with E-state index in [9.17, 15) is 44.4 Å². The average molecular weight is 919 g/mol. The molecule has 3 aliphatic carbocycles. The number of nitrogens with zero attached hydrogens (tertiary/aromatic N) is 1. The topological polar surface area (TPSA) is 228 Å². The van der Waals surface area contributed by atoms with Gasteiger partial charge in [0.05, 0.1) is 29.8 Å². The molecule has 0 aromatic heterocycles. The number of ether oxygens (including phenoxy) is 5. The van der Waals surface area contributed by atoms with Crippen molar-refractivity contribution in [1.82, 2.24) is 10.2 Å². The molecule has 2 bridgehead atoms. The number of carbonyl (C=O) groups excluding carboxylic acids is 5. The van der Waals surface area contributed by atoms with Crippen LogP contribution < -0.4 is 5.32 Å². The van der Waals surface area contributed by atoms with E-state index in [0.717, 1.165) is 32.4 Å². The van der Waals surface area contributed by atoms with Crippen LogP contribution in [0.3, 0.4) is 0 Å². The van der Waals surface area contributed by atoms with Gasteiger partial charge in [0.15, 0.2) is 5.78 Å². The molecule has 16 nitrogen and oxygen atoms in total. The lowest BCUT2D eigenvalue weighted by atomic mass is 9.44. The quantitative estimate of drug-likeness (QED) is 0.112. The number of aliphatic hydroxyl groups is 4. The normalized spacial score (nSPS) is 32.7. The minimum Gasteiger partial charge on any atom is -0.455 e. The van der Waals surface area contributed by atoms with Crippen LogP contribution in [-0.2, 0) is 38.1 Å². The van der Waals surface area contributed by atoms with E-state index in [1.807, 2.05) is 0 Å². The summed E-state index contributed by atoms with van der Waals surface area (Å²) in [5.41, 5.74) is -8.29. The third kappa shape index (κ3) is 9.16. The SMILES string of the molecule is CC1=C2[C@@H](O)C(=O)[C@@]3(C)C([C@H](OC(=O)c4ccccc4)[C@](O)(C[C@@H]1OC(=O)[C@H](OC(=O)CCCN1CCCCC1)[C@@H](NC(=O)OC(C)(C)C)c1ccccc1)C2(C)C)[C@]1(O)CO[C@@H]1C[C@@H]3O. The summed E-state index contributed by atoms with van der Waals surface area (Å²) in [6, 6.07) is 14.9. The molecule has 66 heavy (non-hydrogen) atoms. The summed E-state index contributed by atoms with van der Waals surface area (Å²) in [7, 11) is 0. The fraction of sp³-hybridized carbons (Fsp3) is 0.620. The molecule has 4 fully saturated rings. The van der Waals surface area contributed by atoms with Crippen LogP contribution in [0.25, 0.3) is 0 Å². The molecule has 16 heteroatoms. The van der Waals surface area contributed by atoms with E-state index in [4.69, 9.17) is 23.7 Å². The number of Topliss-reactive ketones (excluding diaryl/α,β-unsaturated/α-hetero) is 1. The Bertz CT molecular complexity index is 2170. The van der Waals surface area contributed by atoms with Crippen LogP contribution in [0.4, 0.5) is 4.79 Å². The number of benzene rings is 2. The maximum atomic E-state index is 15.0. The predicted octanol–water partition coefficient (Wildman–Crippen LogP) is 4.51. The van der Waals surface area contributed by atoms with Gasteiger partial charge in [-0.25, -0.2) is 14.4 Å². The number of carbonyl (C=O) groups is 5. The lowest BCUT2D eigenvalue weighted by Crippen LogP contribution is -2.81. The smallest absolute Gasteiger partial charge is 0.408 e. The van der Waals surface area contributed by atoms with Crippen LogP contribution in [0, 0.1) is 16.7 Å². The molecule has 1 amide bonds. The molecule has 11 atom stereocenters. The summed E-state index contributed by atoms with van der Waals surface area (Å²) >= 11 is 0. The Hall–Kier alpha value is -4.71. The second-order valence-corrected chi connectivity index (χ2v) is 20.5. The lowest BCUT2D eigenvalue weighted by Gasteiger charge is -2.66. The van der Waals surface area contributed by atoms with Crippen molar-refractivity contribution in [2.45, 2.75) is 153 Å². The molecular formula is C50H66N2O14. The minimum atomic E-state index is -2.36. The lowest BCUT2D eigenvalue weighted by molar-refractivity contribution is -0.343. The number of likely N-dealkylation sites (tertiary alicyclic amines) is 1. The molecule has 2 saturated carbocycles. The monoisotopic (exact) mass is 918 g/mol. The maximum absolute atomic E-state index is 15.0. The number of esters is 3. The summed E-state index contributed by atoms with van der Waals surface area (Å²) in [6.07, 6.45) is -7.62. The van der Waals surface area contributed by atoms with Gasteiger partial charge in [0.2, 0.25) is 6.10 Å². The van der Waals surface area contributed by atoms with Crippen molar-refractivity contribution < 1.29 is 68.1 Å². The van der Waals surface area contributed by atoms with Crippen molar-refractivity contribution in [3.05, 3.63) is 82.9 Å². The highest BCUT2D eigenvalue weighted by Crippen LogP contribution is 2.63. The number of ketones is 1. The zero-order valence-corrected chi connectivity index (χ0v) is 39.0. The highest BCUT2D eigenvalue weighted by molar-refractivity contribution is 5.94. The van der Waals surface area contributed by atoms with Crippen LogP contribution in [0.5, 0.6) is 0 Å². The Kier molecular flexibility index (Phi) is 14.0. The Morgan fingerprint density at radius 2 is 1.56 bits per heavy atom. The number of amides is 1. The van der Waals surface area contributed by atoms with Crippen molar-refractivity contribution in [3.63, 3.8) is 0 Å². The first-order valence-electron chi connectivity index (χ1n) is 23.1. The van der Waals surface area contributed by atoms with Gasteiger partial charge in [-0.3, -0.25) is 9.59 Å². The summed E-state index contributed by atoms with van der Waals surface area (Å²) < 4.78 is 29.9. The van der Waals surface area contributed by atoms with Crippen LogP contribution in [0.15, 0.2) is 71.8 Å². The number of fused-ring (bicyclic) bond motifs is 5. The van der Waals surface area contributed by atoms with Crippen LogP contribution in [0.2, 0.25) is 0 Å². The Morgan fingerprint density at radius 3 is 2.17 bits per heavy atom. The third-order valence-corrected chi connectivity index (χ3v) is 14.8. The maximum Gasteiger partial charge on any atom is 0.408 e. The summed E-state index contributed by atoms with van der Waals surface area (Å²) in [5.74, 6) is -5.25. The molecule has 2 saturated heterocycles. The van der Waals surface area contributed by atoms with E-state index >= 15 is 0 Å². The van der Waals surface area contributed by atoms with Gasteiger partial charge >= 0.3 is 24.0 Å². The Morgan fingerprint density at radius 1 is 0.924 bits per heavy atom. The molecule has 5 N–H and O–H groups in total. The summed E-state index contributed by atoms with van der Waals surface area (Å²) in [4.78, 5) is 73.7. The number of hydrogen-bond donors (Lipinski definition) is 5. The van der Waals surface area contributed by atoms with E-state index < -0.39 is 112 Å². The van der Waals surface area contributed by atoms with Gasteiger partial charge in [-0.15, -0.1) is 0 Å². The first-order chi connectivity index (χ1) is 31.0. The van der Waals surface area contributed by atoms with Crippen LogP contribution >= 0.6 is 0 Å². The van der Waals surface area contributed by atoms with Gasteiger partial charge in [-0.1, -0.05) is 68.8 Å². The third-order valence-electron chi connectivity index (χ3n) is 14.8. The molecule has 360 valence electrons. The molecule has 2 aromatic carbocycles. The fourth-order valence-electron chi connectivity index (χ4n) is 11.1. The highest BCUT2D eigenvalue weighted by atomic mass is 16.6. The molecule has 1 unspecified atom stereocenters. The van der Waals surface area contributed by atoms with Crippen LogP contribution in [0.1, 0.15) is 115 Å². The second-order valence-electron chi connectivity index (χ2n) is 20.5. The number of hydrogen-bond acceptors (Lipinski definition) is 15. The first kappa shape index (κ1) is 49.2. The van der Waals surface area contributed by atoms with E-state index in [0.29, 0.717) is 18.5 Å². The summed E-state index contributed by atoms with van der Waals surface area (Å²) in [6.45, 7) is 13.2. The predicted molar refractivity (Wildman–Crippen MR) is 237 cm³/mol. The number of rotatable bonds is 12. The molecule has 2 aliphatic heterocycles. The second kappa shape index (κ2) is 18.8. The number of alkyl carbamates (subject to hydrolysis) is 1. The number of nitrogens with one attached hydrogen (secondary N) is 1. The van der Waals surface area contributed by atoms with Gasteiger partial charge in [-0.2, -0.15) is 0 Å². The van der Waals surface area contributed by atoms with E-state index in [1.54, 1.807) is 83.1 Å². The molecule has 0 radical (unpaired) electrons. The molecule has 2 aromatic rings. The summed E-state index contributed by atoms with van der Waals surface area (Å²) in [5, 5.41) is 52.8. The van der Waals surface area contributed by atoms with Crippen molar-refractivity contribution in [2.75, 3.05) is 26.2 Å². The molecule has 5 aliphatic rings. The van der Waals surface area contributed by atoms with Gasteiger partial charge in [0.1, 0.15) is 41.2 Å². The molecule has 0 spiro atoms. The van der Waals surface area contributed by atoms with Gasteiger partial charge in [-0.05, 0) is 102 Å².